The van der Waals surface area contributed by atoms with Crippen molar-refractivity contribution in [2.75, 3.05) is 25.6 Å². The van der Waals surface area contributed by atoms with Crippen LogP contribution >= 0.6 is 0 Å². The van der Waals surface area contributed by atoms with Gasteiger partial charge in [0.15, 0.2) is 5.82 Å². The predicted molar refractivity (Wildman–Crippen MR) is 130 cm³/mol. The fraction of sp³-hybridized carbons (Fsp3) is 0.231. The summed E-state index contributed by atoms with van der Waals surface area (Å²) in [4.78, 5) is 8.03. The van der Waals surface area contributed by atoms with Crippen molar-refractivity contribution in [1.29, 1.82) is 0 Å². The van der Waals surface area contributed by atoms with Crippen LogP contribution in [0.5, 0.6) is 5.75 Å². The Kier molecular flexibility index (Phi) is 4.96. The summed E-state index contributed by atoms with van der Waals surface area (Å²) in [5.41, 5.74) is 12.0. The molecule has 33 heavy (non-hydrogen) atoms. The minimum Gasteiger partial charge on any atom is -0.493 e. The van der Waals surface area contributed by atoms with Crippen LogP contribution in [0.15, 0.2) is 60.8 Å². The van der Waals surface area contributed by atoms with Gasteiger partial charge in [-0.1, -0.05) is 18.2 Å². The molecular weight excluding hydrogens is 414 g/mol. The minimum atomic E-state index is 0.504. The van der Waals surface area contributed by atoms with Crippen molar-refractivity contribution < 1.29 is 9.47 Å². The molecule has 6 rings (SSSR count). The summed E-state index contributed by atoms with van der Waals surface area (Å²) in [6.07, 6.45) is 3.95. The molecule has 4 heterocycles. The molecule has 0 radical (unpaired) electrons. The molecule has 1 fully saturated rings. The lowest BCUT2D eigenvalue weighted by molar-refractivity contribution is 0.0497. The number of aromatic amines is 2. The summed E-state index contributed by atoms with van der Waals surface area (Å²) < 4.78 is 11.6. The molecule has 0 atom stereocenters. The van der Waals surface area contributed by atoms with Crippen molar-refractivity contribution in [3.63, 3.8) is 0 Å². The van der Waals surface area contributed by atoms with Gasteiger partial charge in [0.05, 0.1) is 12.1 Å². The van der Waals surface area contributed by atoms with Crippen molar-refractivity contribution in [3.8, 4) is 28.1 Å². The lowest BCUT2D eigenvalue weighted by Crippen LogP contribution is -2.21. The van der Waals surface area contributed by atoms with E-state index in [4.69, 9.17) is 15.2 Å². The second-order valence-electron chi connectivity index (χ2n) is 8.57. The highest BCUT2D eigenvalue weighted by Crippen LogP contribution is 2.34. The van der Waals surface area contributed by atoms with Crippen LogP contribution in [-0.4, -0.2) is 40.0 Å². The molecule has 2 aromatic carbocycles. The second-order valence-corrected chi connectivity index (χ2v) is 8.57. The first-order valence-electron chi connectivity index (χ1n) is 11.3. The molecule has 1 saturated heterocycles. The number of hydrogen-bond acceptors (Lipinski definition) is 5. The van der Waals surface area contributed by atoms with E-state index < -0.39 is 0 Å². The zero-order chi connectivity index (χ0) is 22.2. The summed E-state index contributed by atoms with van der Waals surface area (Å²) >= 11 is 0. The van der Waals surface area contributed by atoms with E-state index in [0.717, 1.165) is 82.7 Å². The van der Waals surface area contributed by atoms with Crippen LogP contribution in [0.2, 0.25) is 0 Å². The summed E-state index contributed by atoms with van der Waals surface area (Å²) in [5.74, 6) is 1.94. The summed E-state index contributed by atoms with van der Waals surface area (Å²) in [6, 6.07) is 18.6. The van der Waals surface area contributed by atoms with Gasteiger partial charge in [-0.2, -0.15) is 5.10 Å². The average molecular weight is 440 g/mol. The van der Waals surface area contributed by atoms with Crippen molar-refractivity contribution >= 4 is 27.8 Å². The molecule has 0 spiro atoms. The number of fused-ring (bicyclic) bond motifs is 2. The number of pyridine rings is 1. The summed E-state index contributed by atoms with van der Waals surface area (Å²) in [7, 11) is 0. The Balaban J connectivity index is 1.32. The van der Waals surface area contributed by atoms with Gasteiger partial charge in [-0.25, -0.2) is 4.98 Å². The smallest absolute Gasteiger partial charge is 0.153 e. The number of aromatic nitrogens is 4. The normalized spacial score (nSPS) is 14.8. The van der Waals surface area contributed by atoms with Crippen LogP contribution in [0.25, 0.3) is 44.3 Å². The lowest BCUT2D eigenvalue weighted by Gasteiger charge is -2.22. The monoisotopic (exact) mass is 439 g/mol. The Hall–Kier alpha value is -3.84. The Morgan fingerprint density at radius 2 is 1.91 bits per heavy atom. The number of H-pyrrole nitrogens is 2. The fourth-order valence-electron chi connectivity index (χ4n) is 4.52. The van der Waals surface area contributed by atoms with Crippen molar-refractivity contribution in [2.24, 2.45) is 5.92 Å². The van der Waals surface area contributed by atoms with Gasteiger partial charge in [0.1, 0.15) is 11.4 Å². The Bertz CT molecular complexity index is 1430. The van der Waals surface area contributed by atoms with E-state index in [1.165, 1.54) is 0 Å². The van der Waals surface area contributed by atoms with Gasteiger partial charge in [-0.3, -0.25) is 5.10 Å². The first kappa shape index (κ1) is 19.8. The highest BCUT2D eigenvalue weighted by atomic mass is 16.5. The maximum absolute atomic E-state index is 6.11. The highest BCUT2D eigenvalue weighted by molar-refractivity contribution is 5.99. The zero-order valence-corrected chi connectivity index (χ0v) is 18.2. The quantitative estimate of drug-likeness (QED) is 0.351. The van der Waals surface area contributed by atoms with Crippen LogP contribution in [0.4, 0.5) is 5.82 Å². The van der Waals surface area contributed by atoms with Crippen molar-refractivity contribution in [1.82, 2.24) is 20.2 Å². The number of nitrogens with zero attached hydrogens (tertiary/aromatic N) is 2. The van der Waals surface area contributed by atoms with Crippen LogP contribution < -0.4 is 10.5 Å². The predicted octanol–water partition coefficient (Wildman–Crippen LogP) is 5.16. The van der Waals surface area contributed by atoms with Crippen molar-refractivity contribution in [3.05, 3.63) is 60.8 Å². The molecule has 0 aliphatic carbocycles. The van der Waals surface area contributed by atoms with E-state index in [-0.39, 0.29) is 0 Å². The van der Waals surface area contributed by atoms with Gasteiger partial charge in [-0.15, -0.1) is 0 Å². The average Bonchev–Trinajstić information content (AvgIpc) is 3.47. The number of ether oxygens (including phenoxy) is 2. The SMILES string of the molecule is Nc1n[nH]c2ccc(-c3ccnc4[nH]c(-c5cccc(OCC6CCOCC6)c5)cc34)cc12. The zero-order valence-electron chi connectivity index (χ0n) is 18.2. The lowest BCUT2D eigenvalue weighted by atomic mass is 10.0. The molecule has 7 nitrogen and oxygen atoms in total. The Morgan fingerprint density at radius 1 is 1.00 bits per heavy atom. The third kappa shape index (κ3) is 3.81. The number of benzene rings is 2. The molecule has 1 aliphatic heterocycles. The van der Waals surface area contributed by atoms with Gasteiger partial charge in [-0.05, 0) is 66.3 Å². The maximum Gasteiger partial charge on any atom is 0.153 e. The van der Waals surface area contributed by atoms with Gasteiger partial charge in [0.2, 0.25) is 0 Å². The standard InChI is InChI=1S/C26H25N5O2/c27-25-22-13-17(4-5-23(22)30-31-25)20-6-9-28-26-21(20)14-24(29-26)18-2-1-3-19(12-18)33-15-16-7-10-32-11-8-16/h1-6,9,12-14,16H,7-8,10-11,15H2,(H,28,29)(H3,27,30,31). The molecule has 0 amide bonds. The van der Waals surface area contributed by atoms with Crippen molar-refractivity contribution in [2.45, 2.75) is 12.8 Å². The molecule has 1 aliphatic rings. The van der Waals surface area contributed by atoms with E-state index >= 15 is 0 Å². The van der Waals surface area contributed by atoms with Crippen LogP contribution in [0.3, 0.4) is 0 Å². The van der Waals surface area contributed by atoms with Gasteiger partial charge < -0.3 is 20.2 Å². The van der Waals surface area contributed by atoms with E-state index in [1.54, 1.807) is 0 Å². The molecular formula is C26H25N5O2. The first-order valence-corrected chi connectivity index (χ1v) is 11.3. The maximum atomic E-state index is 6.11. The molecule has 0 bridgehead atoms. The van der Waals surface area contributed by atoms with Gasteiger partial charge in [0.25, 0.3) is 0 Å². The van der Waals surface area contributed by atoms with E-state index in [2.05, 4.69) is 50.5 Å². The third-order valence-electron chi connectivity index (χ3n) is 6.41. The molecule has 3 aromatic heterocycles. The number of nitrogen functional groups attached to an aromatic ring is 1. The number of rotatable bonds is 5. The number of nitrogens with two attached hydrogens (primary N) is 1. The summed E-state index contributed by atoms with van der Waals surface area (Å²) in [5, 5.41) is 9.04. The number of hydrogen-bond donors (Lipinski definition) is 3. The van der Waals surface area contributed by atoms with Crippen LogP contribution in [-0.2, 0) is 4.74 Å². The van der Waals surface area contributed by atoms with Gasteiger partial charge >= 0.3 is 0 Å². The highest BCUT2D eigenvalue weighted by Gasteiger charge is 2.15. The van der Waals surface area contributed by atoms with Crippen LogP contribution in [0.1, 0.15) is 12.8 Å². The second kappa shape index (κ2) is 8.26. The molecule has 7 heteroatoms. The Morgan fingerprint density at radius 3 is 2.82 bits per heavy atom. The molecule has 5 aromatic rings. The molecule has 166 valence electrons. The third-order valence-corrected chi connectivity index (χ3v) is 6.41. The fourth-order valence-corrected chi connectivity index (χ4v) is 4.52. The number of nitrogens with one attached hydrogen (secondary N) is 2. The molecule has 4 N–H and O–H groups in total. The minimum absolute atomic E-state index is 0.504. The van der Waals surface area contributed by atoms with E-state index in [9.17, 15) is 0 Å². The molecule has 0 unspecified atom stereocenters. The topological polar surface area (TPSA) is 102 Å². The number of anilines is 1. The van der Waals surface area contributed by atoms with E-state index in [1.807, 2.05) is 30.5 Å². The van der Waals surface area contributed by atoms with Crippen LogP contribution in [0, 0.1) is 5.92 Å². The molecule has 0 saturated carbocycles. The Labute approximate surface area is 190 Å². The summed E-state index contributed by atoms with van der Waals surface area (Å²) in [6.45, 7) is 2.39. The van der Waals surface area contributed by atoms with Gasteiger partial charge in [0, 0.05) is 41.4 Å². The van der Waals surface area contributed by atoms with E-state index in [0.29, 0.717) is 11.7 Å². The largest absolute Gasteiger partial charge is 0.493 e. The first-order chi connectivity index (χ1) is 16.2.